The van der Waals surface area contributed by atoms with Crippen molar-refractivity contribution in [1.29, 1.82) is 0 Å². The van der Waals surface area contributed by atoms with Crippen molar-refractivity contribution >= 4 is 23.2 Å². The molecule has 0 aliphatic heterocycles. The Hall–Kier alpha value is -2.40. The van der Waals surface area contributed by atoms with E-state index in [4.69, 9.17) is 25.8 Å². The predicted octanol–water partition coefficient (Wildman–Crippen LogP) is 4.07. The Kier molecular flexibility index (Phi) is 5.93. The lowest BCUT2D eigenvalue weighted by molar-refractivity contribution is -0.122. The molecule has 2 rings (SSSR count). The van der Waals surface area contributed by atoms with E-state index in [0.29, 0.717) is 28.0 Å². The van der Waals surface area contributed by atoms with Gasteiger partial charge in [-0.05, 0) is 43.7 Å². The van der Waals surface area contributed by atoms with Gasteiger partial charge in [-0.15, -0.1) is 0 Å². The quantitative estimate of drug-likeness (QED) is 0.854. The lowest BCUT2D eigenvalue weighted by Gasteiger charge is -2.17. The van der Waals surface area contributed by atoms with Gasteiger partial charge < -0.3 is 19.5 Å². The van der Waals surface area contributed by atoms with Gasteiger partial charge in [-0.2, -0.15) is 0 Å². The number of halogens is 1. The monoisotopic (exact) mass is 349 g/mol. The van der Waals surface area contributed by atoms with E-state index in [1.165, 1.54) is 7.11 Å². The van der Waals surface area contributed by atoms with Crippen molar-refractivity contribution in [2.24, 2.45) is 0 Å². The average molecular weight is 350 g/mol. The number of hydrogen-bond acceptors (Lipinski definition) is 4. The zero-order chi connectivity index (χ0) is 17.7. The van der Waals surface area contributed by atoms with Gasteiger partial charge in [0.1, 0.15) is 17.2 Å². The Morgan fingerprint density at radius 1 is 1.08 bits per heavy atom. The highest BCUT2D eigenvalue weighted by Gasteiger charge is 2.18. The van der Waals surface area contributed by atoms with Crippen LogP contribution in [0.2, 0.25) is 5.02 Å². The van der Waals surface area contributed by atoms with E-state index in [2.05, 4.69) is 5.32 Å². The first-order valence-electron chi connectivity index (χ1n) is 7.40. The van der Waals surface area contributed by atoms with Gasteiger partial charge in [0.2, 0.25) is 0 Å². The molecule has 0 aliphatic rings. The minimum absolute atomic E-state index is 0.320. The number of rotatable bonds is 6. The van der Waals surface area contributed by atoms with Crippen molar-refractivity contribution in [2.45, 2.75) is 20.0 Å². The highest BCUT2D eigenvalue weighted by Crippen LogP contribution is 2.30. The molecule has 128 valence electrons. The minimum atomic E-state index is -0.736. The van der Waals surface area contributed by atoms with Crippen LogP contribution in [0.15, 0.2) is 36.4 Å². The molecule has 0 saturated heterocycles. The molecule has 0 aliphatic carbocycles. The Balaban J connectivity index is 2.13. The summed E-state index contributed by atoms with van der Waals surface area (Å²) in [4.78, 5) is 12.4. The molecule has 2 aromatic rings. The summed E-state index contributed by atoms with van der Waals surface area (Å²) in [5, 5.41) is 3.24. The molecule has 6 heteroatoms. The number of methoxy groups -OCH3 is 2. The summed E-state index contributed by atoms with van der Waals surface area (Å²) < 4.78 is 16.1. The molecule has 0 spiro atoms. The second-order valence-corrected chi connectivity index (χ2v) is 5.66. The zero-order valence-corrected chi connectivity index (χ0v) is 14.8. The predicted molar refractivity (Wildman–Crippen MR) is 94.5 cm³/mol. The first-order chi connectivity index (χ1) is 11.4. The maximum absolute atomic E-state index is 12.4. The third kappa shape index (κ3) is 4.32. The molecule has 1 atom stereocenters. The molecule has 2 aromatic carbocycles. The molecule has 24 heavy (non-hydrogen) atoms. The van der Waals surface area contributed by atoms with Crippen LogP contribution in [0.4, 0.5) is 5.69 Å². The molecule has 0 bridgehead atoms. The number of nitrogens with one attached hydrogen (secondary N) is 1. The average Bonchev–Trinajstić information content (AvgIpc) is 2.57. The molecule has 1 N–H and O–H groups in total. The van der Waals surface area contributed by atoms with E-state index in [1.54, 1.807) is 44.4 Å². The molecular weight excluding hydrogens is 330 g/mol. The Labute approximate surface area is 146 Å². The number of amides is 1. The molecule has 0 saturated carbocycles. The lowest BCUT2D eigenvalue weighted by atomic mass is 10.2. The summed E-state index contributed by atoms with van der Waals surface area (Å²) in [5.41, 5.74) is 1.50. The smallest absolute Gasteiger partial charge is 0.265 e. The fraction of sp³-hybridized carbons (Fsp3) is 0.278. The zero-order valence-electron chi connectivity index (χ0n) is 14.1. The Bertz CT molecular complexity index is 733. The molecule has 1 unspecified atom stereocenters. The largest absolute Gasteiger partial charge is 0.497 e. The molecular formula is C18H20ClNO4. The number of hydrogen-bond donors (Lipinski definition) is 1. The van der Waals surface area contributed by atoms with E-state index in [-0.39, 0.29) is 5.91 Å². The molecule has 5 nitrogen and oxygen atoms in total. The molecule has 1 amide bonds. The van der Waals surface area contributed by atoms with Crippen molar-refractivity contribution in [2.75, 3.05) is 19.5 Å². The van der Waals surface area contributed by atoms with Crippen LogP contribution in [0.1, 0.15) is 12.5 Å². The summed E-state index contributed by atoms with van der Waals surface area (Å²) in [6.45, 7) is 3.58. The Morgan fingerprint density at radius 3 is 2.50 bits per heavy atom. The van der Waals surface area contributed by atoms with Gasteiger partial charge in [-0.25, -0.2) is 0 Å². The number of carbonyl (C=O) groups is 1. The van der Waals surface area contributed by atoms with Crippen LogP contribution < -0.4 is 19.5 Å². The highest BCUT2D eigenvalue weighted by molar-refractivity contribution is 6.32. The number of carbonyl (C=O) groups excluding carboxylic acids is 1. The first kappa shape index (κ1) is 17.9. The van der Waals surface area contributed by atoms with Gasteiger partial charge in [0, 0.05) is 6.07 Å². The maximum atomic E-state index is 12.4. The van der Waals surface area contributed by atoms with Gasteiger partial charge in [-0.3, -0.25) is 4.79 Å². The topological polar surface area (TPSA) is 56.8 Å². The first-order valence-corrected chi connectivity index (χ1v) is 7.78. The second kappa shape index (κ2) is 7.93. The molecule has 0 heterocycles. The summed E-state index contributed by atoms with van der Waals surface area (Å²) >= 11 is 6.10. The van der Waals surface area contributed by atoms with Gasteiger partial charge >= 0.3 is 0 Å². The summed E-state index contributed by atoms with van der Waals surface area (Å²) in [7, 11) is 3.09. The van der Waals surface area contributed by atoms with Crippen LogP contribution in [-0.2, 0) is 4.79 Å². The van der Waals surface area contributed by atoms with E-state index in [0.717, 1.165) is 5.56 Å². The minimum Gasteiger partial charge on any atom is -0.497 e. The number of ether oxygens (including phenoxy) is 3. The van der Waals surface area contributed by atoms with Crippen molar-refractivity contribution in [3.63, 3.8) is 0 Å². The van der Waals surface area contributed by atoms with Gasteiger partial charge in [-0.1, -0.05) is 17.7 Å². The number of benzene rings is 2. The van der Waals surface area contributed by atoms with E-state index in [1.807, 2.05) is 13.0 Å². The van der Waals surface area contributed by atoms with E-state index < -0.39 is 6.10 Å². The molecule has 0 aromatic heterocycles. The second-order valence-electron chi connectivity index (χ2n) is 5.25. The lowest BCUT2D eigenvalue weighted by Crippen LogP contribution is -2.30. The van der Waals surface area contributed by atoms with Crippen LogP contribution in [0.3, 0.4) is 0 Å². The van der Waals surface area contributed by atoms with Crippen molar-refractivity contribution < 1.29 is 19.0 Å². The summed E-state index contributed by atoms with van der Waals surface area (Å²) in [6, 6.07) is 10.6. The van der Waals surface area contributed by atoms with E-state index in [9.17, 15) is 4.79 Å². The third-order valence-electron chi connectivity index (χ3n) is 3.42. The van der Waals surface area contributed by atoms with Crippen molar-refractivity contribution in [3.8, 4) is 17.2 Å². The van der Waals surface area contributed by atoms with Gasteiger partial charge in [0.25, 0.3) is 5.91 Å². The summed E-state index contributed by atoms with van der Waals surface area (Å²) in [5.74, 6) is 1.29. The van der Waals surface area contributed by atoms with Crippen LogP contribution in [0, 0.1) is 6.92 Å². The van der Waals surface area contributed by atoms with E-state index >= 15 is 0 Å². The fourth-order valence-corrected chi connectivity index (χ4v) is 2.25. The third-order valence-corrected chi connectivity index (χ3v) is 3.74. The van der Waals surface area contributed by atoms with Crippen LogP contribution in [-0.4, -0.2) is 26.2 Å². The molecule has 0 radical (unpaired) electrons. The fourth-order valence-electron chi connectivity index (χ4n) is 2.09. The molecule has 0 fully saturated rings. The van der Waals surface area contributed by atoms with Gasteiger partial charge in [0.05, 0.1) is 24.9 Å². The Morgan fingerprint density at radius 2 is 1.83 bits per heavy atom. The number of aryl methyl sites for hydroxylation is 1. The van der Waals surface area contributed by atoms with Crippen molar-refractivity contribution in [3.05, 3.63) is 47.0 Å². The number of anilines is 1. The van der Waals surface area contributed by atoms with Crippen LogP contribution in [0.5, 0.6) is 17.2 Å². The SMILES string of the molecule is COc1ccc(OC)c(NC(=O)C(C)Oc2cc(C)ccc2Cl)c1. The van der Waals surface area contributed by atoms with Gasteiger partial charge in [0.15, 0.2) is 6.10 Å². The van der Waals surface area contributed by atoms with Crippen molar-refractivity contribution in [1.82, 2.24) is 0 Å². The maximum Gasteiger partial charge on any atom is 0.265 e. The van der Waals surface area contributed by atoms with Crippen LogP contribution in [0.25, 0.3) is 0 Å². The standard InChI is InChI=1S/C18H20ClNO4/c1-11-5-7-14(19)17(9-11)24-12(2)18(21)20-15-10-13(22-3)6-8-16(15)23-4/h5-10,12H,1-4H3,(H,20,21). The summed E-state index contributed by atoms with van der Waals surface area (Å²) in [6.07, 6.45) is -0.736. The van der Waals surface area contributed by atoms with Crippen LogP contribution >= 0.6 is 11.6 Å². The normalized spacial score (nSPS) is 11.5. The highest BCUT2D eigenvalue weighted by atomic mass is 35.5.